The lowest BCUT2D eigenvalue weighted by atomic mass is 10.0. The van der Waals surface area contributed by atoms with Gasteiger partial charge in [-0.25, -0.2) is 0 Å². The molecule has 0 radical (unpaired) electrons. The molecule has 2 heteroatoms. The number of aliphatic hydroxyl groups is 2. The van der Waals surface area contributed by atoms with Crippen LogP contribution in [0.25, 0.3) is 0 Å². The average molecular weight is 278 g/mol. The van der Waals surface area contributed by atoms with Crippen LogP contribution in [-0.4, -0.2) is 22.4 Å². The predicted octanol–water partition coefficient (Wildman–Crippen LogP) is 3.98. The van der Waals surface area contributed by atoms with Gasteiger partial charge in [-0.05, 0) is 67.2 Å². The van der Waals surface area contributed by atoms with Crippen molar-refractivity contribution < 1.29 is 10.2 Å². The number of hydrogen-bond acceptors (Lipinski definition) is 2. The van der Waals surface area contributed by atoms with Gasteiger partial charge < -0.3 is 10.2 Å². The summed E-state index contributed by atoms with van der Waals surface area (Å²) >= 11 is 0. The van der Waals surface area contributed by atoms with E-state index in [0.29, 0.717) is 12.8 Å². The molecule has 0 aliphatic heterocycles. The van der Waals surface area contributed by atoms with E-state index in [4.69, 9.17) is 0 Å². The van der Waals surface area contributed by atoms with Crippen molar-refractivity contribution in [1.82, 2.24) is 0 Å². The van der Waals surface area contributed by atoms with Crippen LogP contribution in [0.3, 0.4) is 0 Å². The molecule has 2 atom stereocenters. The molecule has 0 aromatic heterocycles. The van der Waals surface area contributed by atoms with Gasteiger partial charge in [0.25, 0.3) is 0 Å². The van der Waals surface area contributed by atoms with Crippen LogP contribution in [0, 0.1) is 11.8 Å². The molecule has 114 valence electrons. The molecule has 2 N–H and O–H groups in total. The summed E-state index contributed by atoms with van der Waals surface area (Å²) in [7, 11) is 0. The van der Waals surface area contributed by atoms with E-state index in [0.717, 1.165) is 12.8 Å². The van der Waals surface area contributed by atoms with E-state index in [1.165, 1.54) is 22.3 Å². The van der Waals surface area contributed by atoms with Gasteiger partial charge in [0.15, 0.2) is 0 Å². The van der Waals surface area contributed by atoms with E-state index in [1.807, 2.05) is 0 Å². The van der Waals surface area contributed by atoms with Crippen LogP contribution in [0.4, 0.5) is 0 Å². The lowest BCUT2D eigenvalue weighted by Gasteiger charge is -2.07. The summed E-state index contributed by atoms with van der Waals surface area (Å²) in [5.74, 6) is 5.49. The molecule has 0 heterocycles. The normalized spacial score (nSPS) is 13.0. The molecule has 2 unspecified atom stereocenters. The first-order chi connectivity index (χ1) is 9.23. The van der Waals surface area contributed by atoms with Gasteiger partial charge in [0.1, 0.15) is 12.2 Å². The Balaban J connectivity index is 4.18. The van der Waals surface area contributed by atoms with Crippen molar-refractivity contribution in [2.75, 3.05) is 0 Å². The molecule has 0 aromatic rings. The molecule has 0 saturated heterocycles. The van der Waals surface area contributed by atoms with Crippen LogP contribution in [0.1, 0.15) is 67.2 Å². The Morgan fingerprint density at radius 2 is 1.00 bits per heavy atom. The van der Waals surface area contributed by atoms with Gasteiger partial charge >= 0.3 is 0 Å². The summed E-state index contributed by atoms with van der Waals surface area (Å²) in [5, 5.41) is 19.6. The molecule has 0 aliphatic carbocycles. The summed E-state index contributed by atoms with van der Waals surface area (Å²) in [4.78, 5) is 0. The minimum absolute atomic E-state index is 0.629. The molecule has 0 fully saturated rings. The fourth-order valence-electron chi connectivity index (χ4n) is 1.54. The van der Waals surface area contributed by atoms with Gasteiger partial charge in [0, 0.05) is 0 Å². The van der Waals surface area contributed by atoms with Gasteiger partial charge in [-0.1, -0.05) is 34.1 Å². The SMILES string of the molecule is CC(C)=C(C)CCC(O)C#CC(O)CCC(C)=C(C)C. The maximum Gasteiger partial charge on any atom is 0.115 e. The first kappa shape index (κ1) is 19.0. The Kier molecular flexibility index (Phi) is 9.29. The molecule has 0 bridgehead atoms. The van der Waals surface area contributed by atoms with E-state index in [-0.39, 0.29) is 0 Å². The highest BCUT2D eigenvalue weighted by atomic mass is 16.3. The standard InChI is InChI=1S/C18H30O2/c1-13(2)15(5)7-9-17(19)11-12-18(20)10-8-16(6)14(3)4/h17-20H,7-10H2,1-6H3. The van der Waals surface area contributed by atoms with Gasteiger partial charge in [-0.2, -0.15) is 0 Å². The van der Waals surface area contributed by atoms with Crippen molar-refractivity contribution in [1.29, 1.82) is 0 Å². The molecule has 2 nitrogen and oxygen atoms in total. The van der Waals surface area contributed by atoms with Crippen molar-refractivity contribution in [3.05, 3.63) is 22.3 Å². The lowest BCUT2D eigenvalue weighted by Crippen LogP contribution is -2.07. The quantitative estimate of drug-likeness (QED) is 0.570. The maximum atomic E-state index is 9.78. The Bertz CT molecular complexity index is 372. The summed E-state index contributed by atoms with van der Waals surface area (Å²) < 4.78 is 0. The highest BCUT2D eigenvalue weighted by Crippen LogP contribution is 2.12. The van der Waals surface area contributed by atoms with Crippen LogP contribution in [0.5, 0.6) is 0 Å². The number of rotatable bonds is 6. The topological polar surface area (TPSA) is 40.5 Å². The van der Waals surface area contributed by atoms with Crippen molar-refractivity contribution in [2.45, 2.75) is 79.4 Å². The molecule has 0 aliphatic rings. The summed E-state index contributed by atoms with van der Waals surface area (Å²) in [6.45, 7) is 12.4. The van der Waals surface area contributed by atoms with E-state index < -0.39 is 12.2 Å². The van der Waals surface area contributed by atoms with Crippen LogP contribution < -0.4 is 0 Å². The third-order valence-electron chi connectivity index (χ3n) is 3.71. The van der Waals surface area contributed by atoms with Crippen LogP contribution in [-0.2, 0) is 0 Å². The zero-order chi connectivity index (χ0) is 15.7. The largest absolute Gasteiger partial charge is 0.380 e. The third-order valence-corrected chi connectivity index (χ3v) is 3.71. The minimum Gasteiger partial charge on any atom is -0.380 e. The second-order valence-electron chi connectivity index (χ2n) is 5.96. The average Bonchev–Trinajstić information content (AvgIpc) is 2.39. The van der Waals surface area contributed by atoms with Crippen molar-refractivity contribution in [2.24, 2.45) is 0 Å². The molecular weight excluding hydrogens is 248 g/mol. The van der Waals surface area contributed by atoms with E-state index in [2.05, 4.69) is 53.4 Å². The summed E-state index contributed by atoms with van der Waals surface area (Å²) in [6.07, 6.45) is 1.66. The number of hydrogen-bond donors (Lipinski definition) is 2. The fourth-order valence-corrected chi connectivity index (χ4v) is 1.54. The van der Waals surface area contributed by atoms with Gasteiger partial charge in [0.05, 0.1) is 0 Å². The molecule has 20 heavy (non-hydrogen) atoms. The Hall–Kier alpha value is -1.04. The van der Waals surface area contributed by atoms with Crippen molar-refractivity contribution in [3.8, 4) is 11.8 Å². The first-order valence-electron chi connectivity index (χ1n) is 7.37. The number of aliphatic hydroxyl groups excluding tert-OH is 2. The number of allylic oxidation sites excluding steroid dienone is 4. The zero-order valence-corrected chi connectivity index (χ0v) is 13.9. The third kappa shape index (κ3) is 8.96. The van der Waals surface area contributed by atoms with Gasteiger partial charge in [-0.15, -0.1) is 0 Å². The van der Waals surface area contributed by atoms with Gasteiger partial charge in [-0.3, -0.25) is 0 Å². The van der Waals surface area contributed by atoms with Crippen molar-refractivity contribution >= 4 is 0 Å². The Labute approximate surface area is 124 Å². The molecular formula is C18H30O2. The fraction of sp³-hybridized carbons (Fsp3) is 0.667. The molecule has 0 amide bonds. The minimum atomic E-state index is -0.650. The molecule has 0 saturated carbocycles. The highest BCUT2D eigenvalue weighted by Gasteiger charge is 2.04. The highest BCUT2D eigenvalue weighted by molar-refractivity contribution is 5.13. The summed E-state index contributed by atoms with van der Waals surface area (Å²) in [5.41, 5.74) is 5.18. The van der Waals surface area contributed by atoms with Crippen LogP contribution in [0.15, 0.2) is 22.3 Å². The van der Waals surface area contributed by atoms with Gasteiger partial charge in [0.2, 0.25) is 0 Å². The van der Waals surface area contributed by atoms with E-state index >= 15 is 0 Å². The molecule has 0 rings (SSSR count). The second-order valence-corrected chi connectivity index (χ2v) is 5.96. The monoisotopic (exact) mass is 278 g/mol. The Morgan fingerprint density at radius 1 is 0.700 bits per heavy atom. The smallest absolute Gasteiger partial charge is 0.115 e. The van der Waals surface area contributed by atoms with E-state index in [9.17, 15) is 10.2 Å². The maximum absolute atomic E-state index is 9.78. The van der Waals surface area contributed by atoms with Crippen molar-refractivity contribution in [3.63, 3.8) is 0 Å². The first-order valence-corrected chi connectivity index (χ1v) is 7.37. The second kappa shape index (κ2) is 9.80. The van der Waals surface area contributed by atoms with E-state index in [1.54, 1.807) is 0 Å². The zero-order valence-electron chi connectivity index (χ0n) is 13.9. The lowest BCUT2D eigenvalue weighted by molar-refractivity contribution is 0.211. The van der Waals surface area contributed by atoms with Crippen LogP contribution in [0.2, 0.25) is 0 Å². The van der Waals surface area contributed by atoms with Crippen LogP contribution >= 0.6 is 0 Å². The Morgan fingerprint density at radius 3 is 1.25 bits per heavy atom. The predicted molar refractivity (Wildman–Crippen MR) is 86.4 cm³/mol. The summed E-state index contributed by atoms with van der Waals surface area (Å²) in [6, 6.07) is 0. The molecule has 0 aromatic carbocycles. The molecule has 0 spiro atoms.